The minimum absolute atomic E-state index is 0.157. The van der Waals surface area contributed by atoms with Crippen LogP contribution in [0.3, 0.4) is 0 Å². The summed E-state index contributed by atoms with van der Waals surface area (Å²) in [5.74, 6) is 0.668. The molecule has 0 spiro atoms. The highest BCUT2D eigenvalue weighted by atomic mass is 16.5. The number of carboxylic acid groups (broad SMARTS) is 2. The lowest BCUT2D eigenvalue weighted by Crippen LogP contribution is -2.56. The Bertz CT molecular complexity index is 747. The van der Waals surface area contributed by atoms with E-state index in [4.69, 9.17) is 9.84 Å². The van der Waals surface area contributed by atoms with Gasteiger partial charge >= 0.3 is 12.2 Å². The molecule has 2 heterocycles. The summed E-state index contributed by atoms with van der Waals surface area (Å²) in [5.41, 5.74) is 0.955. The number of ether oxygens (including phenoxy) is 1. The fourth-order valence-electron chi connectivity index (χ4n) is 2.97. The Kier molecular flexibility index (Phi) is 5.26. The second-order valence-electron chi connectivity index (χ2n) is 5.96. The van der Waals surface area contributed by atoms with E-state index in [1.54, 1.807) is 12.5 Å². The molecule has 2 aromatic rings. The molecule has 3 rings (SSSR count). The van der Waals surface area contributed by atoms with Crippen molar-refractivity contribution in [2.24, 2.45) is 0 Å². The fraction of sp³-hybridized carbons (Fsp3) is 0.353. The summed E-state index contributed by atoms with van der Waals surface area (Å²) in [6.45, 7) is 0.817. The van der Waals surface area contributed by atoms with Gasteiger partial charge < -0.3 is 29.3 Å². The molecule has 2 N–H and O–H groups in total. The largest absolute Gasteiger partial charge is 0.494 e. The van der Waals surface area contributed by atoms with Crippen molar-refractivity contribution in [3.8, 4) is 11.4 Å². The first-order chi connectivity index (χ1) is 12.5. The van der Waals surface area contributed by atoms with Crippen molar-refractivity contribution < 1.29 is 24.5 Å². The lowest BCUT2D eigenvalue weighted by molar-refractivity contribution is 0.0562. The summed E-state index contributed by atoms with van der Waals surface area (Å²) in [4.78, 5) is 29.0. The highest BCUT2D eigenvalue weighted by Crippen LogP contribution is 2.17. The van der Waals surface area contributed by atoms with Gasteiger partial charge in [-0.3, -0.25) is 0 Å². The van der Waals surface area contributed by atoms with Crippen LogP contribution in [0.4, 0.5) is 9.59 Å². The standard InChI is InChI=1S/C17H20N4O5/c22-16(23)19-8-9-21(17(24)25)14(11-19)5-10-26-15-3-1-13(2-4-15)20-7-6-18-12-20/h1-4,6-7,12,14H,5,8-11H2,(H,22,23)(H,24,25)/t14-/m1/s1. The number of hydrogen-bond donors (Lipinski definition) is 2. The lowest BCUT2D eigenvalue weighted by Gasteiger charge is -2.38. The number of nitrogens with zero attached hydrogens (tertiary/aromatic N) is 4. The maximum absolute atomic E-state index is 11.3. The predicted molar refractivity (Wildman–Crippen MR) is 91.8 cm³/mol. The predicted octanol–water partition coefficient (Wildman–Crippen LogP) is 1.98. The van der Waals surface area contributed by atoms with Gasteiger partial charge in [0.2, 0.25) is 0 Å². The van der Waals surface area contributed by atoms with Crippen LogP contribution < -0.4 is 4.74 Å². The SMILES string of the molecule is O=C(O)N1CCN(C(=O)O)[C@H](CCOc2ccc(-n3ccnc3)cc2)C1. The minimum Gasteiger partial charge on any atom is -0.494 e. The molecule has 0 unspecified atom stereocenters. The summed E-state index contributed by atoms with van der Waals surface area (Å²) in [6, 6.07) is 7.03. The highest BCUT2D eigenvalue weighted by molar-refractivity contribution is 5.68. The van der Waals surface area contributed by atoms with E-state index in [0.29, 0.717) is 18.8 Å². The van der Waals surface area contributed by atoms with Crippen molar-refractivity contribution >= 4 is 12.2 Å². The third-order valence-electron chi connectivity index (χ3n) is 4.36. The average molecular weight is 360 g/mol. The van der Waals surface area contributed by atoms with Crippen molar-refractivity contribution in [2.75, 3.05) is 26.2 Å². The Morgan fingerprint density at radius 3 is 2.54 bits per heavy atom. The number of imidazole rings is 1. The van der Waals surface area contributed by atoms with Crippen LogP contribution in [0.5, 0.6) is 5.75 Å². The molecular formula is C17H20N4O5. The van der Waals surface area contributed by atoms with Gasteiger partial charge in [0.15, 0.2) is 0 Å². The molecule has 1 aliphatic heterocycles. The zero-order valence-electron chi connectivity index (χ0n) is 14.1. The second-order valence-corrected chi connectivity index (χ2v) is 5.96. The summed E-state index contributed by atoms with van der Waals surface area (Å²) in [7, 11) is 0. The molecule has 2 amide bonds. The number of amides is 2. The highest BCUT2D eigenvalue weighted by Gasteiger charge is 2.32. The monoisotopic (exact) mass is 360 g/mol. The molecule has 1 atom stereocenters. The van der Waals surface area contributed by atoms with Crippen molar-refractivity contribution in [3.63, 3.8) is 0 Å². The second kappa shape index (κ2) is 7.77. The van der Waals surface area contributed by atoms with Gasteiger partial charge in [-0.15, -0.1) is 0 Å². The Balaban J connectivity index is 1.55. The van der Waals surface area contributed by atoms with Crippen LogP contribution in [0.2, 0.25) is 0 Å². The van der Waals surface area contributed by atoms with Gasteiger partial charge in [-0.05, 0) is 24.3 Å². The van der Waals surface area contributed by atoms with Crippen molar-refractivity contribution in [2.45, 2.75) is 12.5 Å². The van der Waals surface area contributed by atoms with Gasteiger partial charge in [-0.2, -0.15) is 0 Å². The van der Waals surface area contributed by atoms with Crippen molar-refractivity contribution in [1.82, 2.24) is 19.4 Å². The summed E-state index contributed by atoms with van der Waals surface area (Å²) in [5, 5.41) is 18.4. The molecule has 1 aromatic carbocycles. The third kappa shape index (κ3) is 4.05. The average Bonchev–Trinajstić information content (AvgIpc) is 3.16. The van der Waals surface area contributed by atoms with E-state index in [1.807, 2.05) is 35.0 Å². The number of hydrogen-bond acceptors (Lipinski definition) is 4. The molecule has 9 nitrogen and oxygen atoms in total. The Morgan fingerprint density at radius 1 is 1.15 bits per heavy atom. The number of rotatable bonds is 5. The maximum Gasteiger partial charge on any atom is 0.407 e. The number of carbonyl (C=O) groups is 2. The van der Waals surface area contributed by atoms with Gasteiger partial charge in [0.25, 0.3) is 0 Å². The van der Waals surface area contributed by atoms with E-state index in [9.17, 15) is 14.7 Å². The van der Waals surface area contributed by atoms with E-state index in [0.717, 1.165) is 5.69 Å². The van der Waals surface area contributed by atoms with E-state index in [2.05, 4.69) is 4.98 Å². The van der Waals surface area contributed by atoms with Crippen molar-refractivity contribution in [1.29, 1.82) is 0 Å². The van der Waals surface area contributed by atoms with Gasteiger partial charge in [0, 0.05) is 44.1 Å². The molecule has 1 fully saturated rings. The summed E-state index contributed by atoms with van der Waals surface area (Å²) >= 11 is 0. The first-order valence-electron chi connectivity index (χ1n) is 8.23. The molecule has 0 saturated carbocycles. The van der Waals surface area contributed by atoms with Crippen LogP contribution in [-0.4, -0.2) is 74.0 Å². The zero-order valence-corrected chi connectivity index (χ0v) is 14.1. The number of benzene rings is 1. The first-order valence-corrected chi connectivity index (χ1v) is 8.23. The molecule has 0 radical (unpaired) electrons. The summed E-state index contributed by atoms with van der Waals surface area (Å²) in [6.07, 6.45) is 3.59. The molecule has 1 aliphatic rings. The van der Waals surface area contributed by atoms with Crippen molar-refractivity contribution in [3.05, 3.63) is 43.0 Å². The van der Waals surface area contributed by atoms with Crippen LogP contribution in [0.25, 0.3) is 5.69 Å². The maximum atomic E-state index is 11.3. The lowest BCUT2D eigenvalue weighted by atomic mass is 10.1. The van der Waals surface area contributed by atoms with Crippen LogP contribution in [0.1, 0.15) is 6.42 Å². The Morgan fingerprint density at radius 2 is 1.92 bits per heavy atom. The molecule has 1 saturated heterocycles. The minimum atomic E-state index is -1.04. The summed E-state index contributed by atoms with van der Waals surface area (Å²) < 4.78 is 7.57. The fourth-order valence-corrected chi connectivity index (χ4v) is 2.97. The zero-order chi connectivity index (χ0) is 18.5. The molecule has 0 aliphatic carbocycles. The van der Waals surface area contributed by atoms with Crippen LogP contribution in [0.15, 0.2) is 43.0 Å². The third-order valence-corrected chi connectivity index (χ3v) is 4.36. The molecule has 9 heteroatoms. The van der Waals surface area contributed by atoms with E-state index < -0.39 is 18.2 Å². The van der Waals surface area contributed by atoms with Gasteiger partial charge in [0.1, 0.15) is 5.75 Å². The van der Waals surface area contributed by atoms with Crippen LogP contribution in [0, 0.1) is 0 Å². The Hall–Kier alpha value is -3.23. The van der Waals surface area contributed by atoms with Crippen LogP contribution in [-0.2, 0) is 0 Å². The number of aromatic nitrogens is 2. The molecule has 26 heavy (non-hydrogen) atoms. The molecular weight excluding hydrogens is 340 g/mol. The quantitative estimate of drug-likeness (QED) is 0.844. The van der Waals surface area contributed by atoms with Gasteiger partial charge in [-0.1, -0.05) is 0 Å². The van der Waals surface area contributed by atoms with Crippen LogP contribution >= 0.6 is 0 Å². The molecule has 1 aromatic heterocycles. The Labute approximate surface area is 150 Å². The molecule has 0 bridgehead atoms. The molecule has 138 valence electrons. The first kappa shape index (κ1) is 17.6. The van der Waals surface area contributed by atoms with Gasteiger partial charge in [0.05, 0.1) is 19.0 Å². The topological polar surface area (TPSA) is 108 Å². The van der Waals surface area contributed by atoms with E-state index in [-0.39, 0.29) is 19.6 Å². The number of piperazine rings is 1. The van der Waals surface area contributed by atoms with E-state index in [1.165, 1.54) is 9.80 Å². The van der Waals surface area contributed by atoms with Gasteiger partial charge in [-0.25, -0.2) is 14.6 Å². The smallest absolute Gasteiger partial charge is 0.407 e. The normalized spacial score (nSPS) is 17.2. The van der Waals surface area contributed by atoms with E-state index >= 15 is 0 Å².